The zero-order chi connectivity index (χ0) is 15.4. The van der Waals surface area contributed by atoms with Gasteiger partial charge in [-0.1, -0.05) is 6.92 Å². The minimum atomic E-state index is -0.661. The second kappa shape index (κ2) is 6.29. The molecule has 1 aromatic rings. The van der Waals surface area contributed by atoms with Crippen molar-refractivity contribution in [2.24, 2.45) is 11.0 Å². The van der Waals surface area contributed by atoms with Crippen molar-refractivity contribution in [2.45, 2.75) is 32.6 Å². The summed E-state index contributed by atoms with van der Waals surface area (Å²) in [7, 11) is 0. The first-order valence-electron chi connectivity index (χ1n) is 6.71. The van der Waals surface area contributed by atoms with Crippen LogP contribution in [-0.4, -0.2) is 15.6 Å². The summed E-state index contributed by atoms with van der Waals surface area (Å²) < 4.78 is 0. The Labute approximate surface area is 121 Å². The zero-order valence-electron chi connectivity index (χ0n) is 11.6. The van der Waals surface area contributed by atoms with Crippen LogP contribution in [0.2, 0.25) is 0 Å². The van der Waals surface area contributed by atoms with Crippen molar-refractivity contribution in [3.05, 3.63) is 38.4 Å². The van der Waals surface area contributed by atoms with Crippen molar-refractivity contribution in [3.8, 4) is 0 Å². The van der Waals surface area contributed by atoms with Crippen LogP contribution >= 0.6 is 0 Å². The molecule has 1 aliphatic carbocycles. The number of nitro groups is 2. The van der Waals surface area contributed by atoms with Gasteiger partial charge in [0.2, 0.25) is 0 Å². The summed E-state index contributed by atoms with van der Waals surface area (Å²) in [6.45, 7) is 2.14. The molecular formula is C13H16N4O4. The van der Waals surface area contributed by atoms with Crippen LogP contribution in [0.25, 0.3) is 0 Å². The molecule has 2 rings (SSSR count). The third kappa shape index (κ3) is 3.74. The average molecular weight is 292 g/mol. The maximum atomic E-state index is 11.0. The van der Waals surface area contributed by atoms with Crippen LogP contribution in [-0.2, 0) is 0 Å². The molecule has 0 aromatic heterocycles. The summed E-state index contributed by atoms with van der Waals surface area (Å²) in [6.07, 6.45) is 3.96. The lowest BCUT2D eigenvalue weighted by atomic mass is 9.89. The van der Waals surface area contributed by atoms with Crippen LogP contribution in [0.5, 0.6) is 0 Å². The molecule has 1 N–H and O–H groups in total. The van der Waals surface area contributed by atoms with Crippen LogP contribution in [0.4, 0.5) is 17.1 Å². The molecule has 1 atom stereocenters. The number of nitrogens with one attached hydrogen (secondary N) is 1. The fourth-order valence-corrected chi connectivity index (χ4v) is 2.38. The molecule has 1 fully saturated rings. The summed E-state index contributed by atoms with van der Waals surface area (Å²) in [6, 6.07) is 3.47. The monoisotopic (exact) mass is 292 g/mol. The van der Waals surface area contributed by atoms with Crippen LogP contribution in [0.1, 0.15) is 32.6 Å². The van der Waals surface area contributed by atoms with Crippen LogP contribution in [0, 0.1) is 26.1 Å². The van der Waals surface area contributed by atoms with Gasteiger partial charge < -0.3 is 0 Å². The molecule has 112 valence electrons. The van der Waals surface area contributed by atoms with E-state index in [1.807, 2.05) is 0 Å². The SMILES string of the molecule is C[C@@H]1CCC/C(=N/Nc2ccc([N+](=O)[O-])cc2[N+](=O)[O-])C1. The minimum Gasteiger partial charge on any atom is -0.272 e. The quantitative estimate of drug-likeness (QED) is 0.674. The van der Waals surface area contributed by atoms with Crippen molar-refractivity contribution >= 4 is 22.8 Å². The maximum absolute atomic E-state index is 11.0. The summed E-state index contributed by atoms with van der Waals surface area (Å²) in [5.41, 5.74) is 3.15. The molecule has 0 radical (unpaired) electrons. The Kier molecular flexibility index (Phi) is 4.46. The molecule has 8 heteroatoms. The van der Waals surface area contributed by atoms with E-state index in [-0.39, 0.29) is 17.1 Å². The van der Waals surface area contributed by atoms with E-state index < -0.39 is 9.85 Å². The van der Waals surface area contributed by atoms with Gasteiger partial charge in [-0.2, -0.15) is 5.10 Å². The van der Waals surface area contributed by atoms with Gasteiger partial charge in [0, 0.05) is 11.8 Å². The molecule has 1 saturated carbocycles. The van der Waals surface area contributed by atoms with E-state index in [2.05, 4.69) is 17.5 Å². The molecule has 21 heavy (non-hydrogen) atoms. The number of benzene rings is 1. The lowest BCUT2D eigenvalue weighted by molar-refractivity contribution is -0.393. The molecule has 0 unspecified atom stereocenters. The van der Waals surface area contributed by atoms with E-state index in [9.17, 15) is 20.2 Å². The molecule has 0 aliphatic heterocycles. The minimum absolute atomic E-state index is 0.163. The predicted molar refractivity (Wildman–Crippen MR) is 78.4 cm³/mol. The van der Waals surface area contributed by atoms with E-state index in [1.54, 1.807) is 0 Å². The lowest BCUT2D eigenvalue weighted by Gasteiger charge is -2.19. The number of nitro benzene ring substituents is 2. The molecule has 0 amide bonds. The summed E-state index contributed by atoms with van der Waals surface area (Å²) in [4.78, 5) is 20.3. The van der Waals surface area contributed by atoms with E-state index in [0.29, 0.717) is 5.92 Å². The molecule has 1 aromatic carbocycles. The fourth-order valence-electron chi connectivity index (χ4n) is 2.38. The molecule has 1 aliphatic rings. The number of hydrazone groups is 1. The second-order valence-corrected chi connectivity index (χ2v) is 5.21. The molecular weight excluding hydrogens is 276 g/mol. The Morgan fingerprint density at radius 1 is 1.29 bits per heavy atom. The number of hydrogen-bond donors (Lipinski definition) is 1. The smallest absolute Gasteiger partial charge is 0.272 e. The zero-order valence-corrected chi connectivity index (χ0v) is 11.6. The van der Waals surface area contributed by atoms with Gasteiger partial charge >= 0.3 is 5.69 Å². The second-order valence-electron chi connectivity index (χ2n) is 5.21. The van der Waals surface area contributed by atoms with Gasteiger partial charge in [0.25, 0.3) is 5.69 Å². The Balaban J connectivity index is 2.21. The molecule has 0 spiro atoms. The number of rotatable bonds is 4. The molecule has 0 heterocycles. The standard InChI is InChI=1S/C13H16N4O4/c1-9-3-2-4-10(7-9)14-15-12-6-5-11(16(18)19)8-13(12)17(20)21/h5-6,8-9,15H,2-4,7H2,1H3/b14-10-/t9-/m1/s1. The van der Waals surface area contributed by atoms with Gasteiger partial charge in [0.1, 0.15) is 5.69 Å². The van der Waals surface area contributed by atoms with Gasteiger partial charge in [-0.3, -0.25) is 25.7 Å². The maximum Gasteiger partial charge on any atom is 0.301 e. The Morgan fingerprint density at radius 3 is 2.67 bits per heavy atom. The first-order chi connectivity index (χ1) is 9.97. The highest BCUT2D eigenvalue weighted by molar-refractivity contribution is 5.86. The molecule has 0 saturated heterocycles. The highest BCUT2D eigenvalue weighted by atomic mass is 16.6. The number of nitrogens with zero attached hydrogens (tertiary/aromatic N) is 3. The molecule has 8 nitrogen and oxygen atoms in total. The van der Waals surface area contributed by atoms with Crippen molar-refractivity contribution < 1.29 is 9.85 Å². The Hall–Kier alpha value is -2.51. The van der Waals surface area contributed by atoms with E-state index in [1.165, 1.54) is 12.1 Å². The van der Waals surface area contributed by atoms with Crippen LogP contribution < -0.4 is 5.43 Å². The predicted octanol–water partition coefficient (Wildman–Crippen LogP) is 3.48. The summed E-state index contributed by atoms with van der Waals surface area (Å²) in [5.74, 6) is 0.561. The highest BCUT2D eigenvalue weighted by Crippen LogP contribution is 2.29. The van der Waals surface area contributed by atoms with Crippen molar-refractivity contribution in [3.63, 3.8) is 0 Å². The number of non-ortho nitro benzene ring substituents is 1. The van der Waals surface area contributed by atoms with Crippen LogP contribution in [0.15, 0.2) is 23.3 Å². The summed E-state index contributed by atoms with van der Waals surface area (Å²) in [5, 5.41) is 25.9. The Morgan fingerprint density at radius 2 is 2.05 bits per heavy atom. The van der Waals surface area contributed by atoms with Gasteiger partial charge in [-0.05, 0) is 37.7 Å². The topological polar surface area (TPSA) is 111 Å². The third-order valence-electron chi connectivity index (χ3n) is 3.47. The lowest BCUT2D eigenvalue weighted by Crippen LogP contribution is -2.14. The van der Waals surface area contributed by atoms with Gasteiger partial charge in [-0.15, -0.1) is 0 Å². The first kappa shape index (κ1) is 14.9. The van der Waals surface area contributed by atoms with Crippen molar-refractivity contribution in [1.82, 2.24) is 0 Å². The molecule has 0 bridgehead atoms. The normalized spacial score (nSPS) is 20.2. The summed E-state index contributed by atoms with van der Waals surface area (Å²) >= 11 is 0. The number of hydrogen-bond acceptors (Lipinski definition) is 6. The highest BCUT2D eigenvalue weighted by Gasteiger charge is 2.20. The third-order valence-corrected chi connectivity index (χ3v) is 3.47. The van der Waals surface area contributed by atoms with E-state index in [0.717, 1.165) is 37.5 Å². The van der Waals surface area contributed by atoms with E-state index in [4.69, 9.17) is 0 Å². The Bertz CT molecular complexity index is 600. The van der Waals surface area contributed by atoms with E-state index >= 15 is 0 Å². The number of anilines is 1. The largest absolute Gasteiger partial charge is 0.301 e. The van der Waals surface area contributed by atoms with Crippen molar-refractivity contribution in [1.29, 1.82) is 0 Å². The van der Waals surface area contributed by atoms with Crippen LogP contribution in [0.3, 0.4) is 0 Å². The fraction of sp³-hybridized carbons (Fsp3) is 0.462. The first-order valence-corrected chi connectivity index (χ1v) is 6.71. The van der Waals surface area contributed by atoms with Crippen molar-refractivity contribution in [2.75, 3.05) is 5.43 Å². The van der Waals surface area contributed by atoms with Gasteiger partial charge in [-0.25, -0.2) is 0 Å². The average Bonchev–Trinajstić information content (AvgIpc) is 2.44. The van der Waals surface area contributed by atoms with Gasteiger partial charge in [0.05, 0.1) is 15.9 Å². The van der Waals surface area contributed by atoms with Gasteiger partial charge in [0.15, 0.2) is 0 Å².